The molecule has 8 rings (SSSR count). The highest BCUT2D eigenvalue weighted by atomic mass is 32.1. The summed E-state index contributed by atoms with van der Waals surface area (Å²) >= 11 is 1.41. The van der Waals surface area contributed by atoms with Gasteiger partial charge in [-0.1, -0.05) is 33.8 Å². The molecule has 0 unspecified atom stereocenters. The number of nitrogens with one attached hydrogen (secondary N) is 2. The number of aromatic nitrogens is 3. The van der Waals surface area contributed by atoms with Crippen LogP contribution in [0.5, 0.6) is 0 Å². The number of benzene rings is 1. The standard InChI is InChI=1S/C49H65N9O7S/c1-10-57-38-16-15-31-23-33(38)34(42(57)32-13-11-19-50-40(32)30(4)64-9)25-48(5,6)28-65-45(61)35-14-12-20-58(53-35)44(60)36(24-39-51-37(31)26-66-39)52-43(59)41(29(2)3)55(8)47(63)56-22-18-49(27-56)17-21-54(7)46(49)62/h11,13,15-16,19,23,26,29-30,35-36,41,53H,10,12,14,17-18,20-22,24-25,27-28H2,1-9H3,(H,52,59)/t30-,35-,36-,41-,49-/m0/s1. The molecule has 66 heavy (non-hydrogen) atoms. The number of cyclic esters (lactones) is 1. The number of hydrazine groups is 1. The molecule has 354 valence electrons. The molecule has 5 amide bonds. The lowest BCUT2D eigenvalue weighted by molar-refractivity contribution is -0.155. The fraction of sp³-hybridized carbons (Fsp3) is 0.571. The minimum absolute atomic E-state index is 0.0570. The van der Waals surface area contributed by atoms with Gasteiger partial charge in [0.15, 0.2) is 0 Å². The van der Waals surface area contributed by atoms with Crippen LogP contribution >= 0.6 is 11.3 Å². The average molecular weight is 924 g/mol. The molecule has 2 N–H and O–H groups in total. The molecule has 16 nitrogen and oxygen atoms in total. The van der Waals surface area contributed by atoms with Crippen molar-refractivity contribution in [2.75, 3.05) is 54.0 Å². The number of likely N-dealkylation sites (tertiary alicyclic amines) is 2. The lowest BCUT2D eigenvalue weighted by Gasteiger charge is -2.37. The monoisotopic (exact) mass is 923 g/mol. The number of methoxy groups -OCH3 is 1. The van der Waals surface area contributed by atoms with Crippen LogP contribution in [0, 0.1) is 16.7 Å². The van der Waals surface area contributed by atoms with Crippen LogP contribution in [0.1, 0.15) is 89.6 Å². The van der Waals surface area contributed by atoms with Gasteiger partial charge in [0.05, 0.1) is 40.2 Å². The second-order valence-corrected chi connectivity index (χ2v) is 20.7. The molecule has 3 fully saturated rings. The molecule has 4 aliphatic heterocycles. The summed E-state index contributed by atoms with van der Waals surface area (Å²) in [5, 5.41) is 8.13. The molecule has 0 radical (unpaired) electrons. The van der Waals surface area contributed by atoms with Crippen molar-refractivity contribution in [3.8, 4) is 22.5 Å². The Morgan fingerprint density at radius 1 is 1.11 bits per heavy atom. The van der Waals surface area contributed by atoms with Crippen molar-refractivity contribution in [2.24, 2.45) is 16.7 Å². The number of amides is 5. The van der Waals surface area contributed by atoms with E-state index in [0.717, 1.165) is 44.7 Å². The van der Waals surface area contributed by atoms with E-state index in [1.54, 1.807) is 37.2 Å². The minimum Gasteiger partial charge on any atom is -0.464 e. The zero-order chi connectivity index (χ0) is 47.2. The van der Waals surface area contributed by atoms with Crippen molar-refractivity contribution in [2.45, 2.75) is 111 Å². The van der Waals surface area contributed by atoms with Crippen molar-refractivity contribution >= 4 is 52.0 Å². The van der Waals surface area contributed by atoms with E-state index in [2.05, 4.69) is 60.3 Å². The predicted octanol–water partition coefficient (Wildman–Crippen LogP) is 5.83. The molecule has 6 bridgehead atoms. The summed E-state index contributed by atoms with van der Waals surface area (Å²) in [7, 11) is 5.09. The molecule has 1 spiro atoms. The number of hydrogen-bond donors (Lipinski definition) is 2. The average Bonchev–Trinajstić information content (AvgIpc) is 4.09. The maximum Gasteiger partial charge on any atom is 0.324 e. The Bertz CT molecular complexity index is 2520. The molecule has 3 saturated heterocycles. The Hall–Kier alpha value is -5.39. The number of nitrogens with zero attached hydrogens (tertiary/aromatic N) is 7. The third kappa shape index (κ3) is 8.93. The lowest BCUT2D eigenvalue weighted by Crippen LogP contribution is -2.62. The highest BCUT2D eigenvalue weighted by molar-refractivity contribution is 7.10. The zero-order valence-electron chi connectivity index (χ0n) is 39.8. The molecule has 0 aliphatic carbocycles. The number of ether oxygens (including phenoxy) is 2. The van der Waals surface area contributed by atoms with Crippen LogP contribution in [-0.2, 0) is 48.0 Å². The van der Waals surface area contributed by atoms with Gasteiger partial charge in [-0.25, -0.2) is 15.2 Å². The van der Waals surface area contributed by atoms with Gasteiger partial charge in [0, 0.05) is 99.4 Å². The van der Waals surface area contributed by atoms with Gasteiger partial charge >= 0.3 is 12.0 Å². The maximum atomic E-state index is 14.7. The minimum atomic E-state index is -1.08. The Labute approximate surface area is 391 Å². The van der Waals surface area contributed by atoms with E-state index >= 15 is 0 Å². The lowest BCUT2D eigenvalue weighted by atomic mass is 9.84. The number of pyridine rings is 1. The van der Waals surface area contributed by atoms with Crippen molar-refractivity contribution in [1.82, 2.24) is 45.0 Å². The summed E-state index contributed by atoms with van der Waals surface area (Å²) in [4.78, 5) is 85.0. The van der Waals surface area contributed by atoms with Gasteiger partial charge in [0.2, 0.25) is 11.8 Å². The molecule has 3 aromatic heterocycles. The molecule has 17 heteroatoms. The summed E-state index contributed by atoms with van der Waals surface area (Å²) in [6, 6.07) is 7.29. The van der Waals surface area contributed by atoms with Crippen LogP contribution in [-0.4, -0.2) is 136 Å². The third-order valence-electron chi connectivity index (χ3n) is 14.1. The predicted molar refractivity (Wildman–Crippen MR) is 252 cm³/mol. The topological polar surface area (TPSA) is 172 Å². The Balaban J connectivity index is 1.15. The van der Waals surface area contributed by atoms with E-state index in [9.17, 15) is 24.0 Å². The van der Waals surface area contributed by atoms with E-state index in [4.69, 9.17) is 19.4 Å². The summed E-state index contributed by atoms with van der Waals surface area (Å²) in [6.07, 6.45) is 4.48. The number of hydrogen-bond acceptors (Lipinski definition) is 11. The van der Waals surface area contributed by atoms with Crippen LogP contribution in [0.4, 0.5) is 4.79 Å². The SMILES string of the molecule is CCn1c(-c2cccnc2[C@H](C)OC)c2c3cc(ccc31)-c1csc(n1)C[C@H](NC(=O)[C@H](C(C)C)N(C)C(=O)N1CC[C@@]3(CCN(C)C3=O)C1)C(=O)N1CCC[C@H](N1)C(=O)OCC(C)(C)C2. The Morgan fingerprint density at radius 3 is 2.59 bits per heavy atom. The highest BCUT2D eigenvalue weighted by Gasteiger charge is 2.51. The third-order valence-corrected chi connectivity index (χ3v) is 15.0. The fourth-order valence-electron chi connectivity index (χ4n) is 10.5. The van der Waals surface area contributed by atoms with Gasteiger partial charge in [-0.05, 0) is 81.7 Å². The van der Waals surface area contributed by atoms with Crippen molar-refractivity contribution in [3.63, 3.8) is 0 Å². The zero-order valence-corrected chi connectivity index (χ0v) is 40.6. The fourth-order valence-corrected chi connectivity index (χ4v) is 11.3. The number of esters is 1. The van der Waals surface area contributed by atoms with Crippen molar-refractivity contribution in [1.29, 1.82) is 0 Å². The number of carbonyl (C=O) groups is 5. The second kappa shape index (κ2) is 18.7. The van der Waals surface area contributed by atoms with E-state index in [1.807, 2.05) is 32.2 Å². The normalized spacial score (nSPS) is 23.4. The molecular weight excluding hydrogens is 859 g/mol. The molecule has 4 aliphatic rings. The maximum absolute atomic E-state index is 14.7. The van der Waals surface area contributed by atoms with Gasteiger partial charge in [-0.15, -0.1) is 11.3 Å². The number of carbonyl (C=O) groups excluding carboxylic acids is 5. The van der Waals surface area contributed by atoms with Crippen LogP contribution in [0.2, 0.25) is 0 Å². The summed E-state index contributed by atoms with van der Waals surface area (Å²) in [5.41, 5.74) is 8.70. The molecule has 7 heterocycles. The number of rotatable bonds is 8. The van der Waals surface area contributed by atoms with Crippen LogP contribution in [0.25, 0.3) is 33.4 Å². The smallest absolute Gasteiger partial charge is 0.324 e. The van der Waals surface area contributed by atoms with E-state index < -0.39 is 46.7 Å². The molecule has 0 saturated carbocycles. The number of aryl methyl sites for hydroxylation is 1. The van der Waals surface area contributed by atoms with Crippen LogP contribution in [0.15, 0.2) is 41.9 Å². The Morgan fingerprint density at radius 2 is 1.88 bits per heavy atom. The first-order valence-electron chi connectivity index (χ1n) is 23.4. The summed E-state index contributed by atoms with van der Waals surface area (Å²) in [6.45, 7) is 14.6. The highest BCUT2D eigenvalue weighted by Crippen LogP contribution is 2.43. The van der Waals surface area contributed by atoms with Gasteiger partial charge in [-0.2, -0.15) is 0 Å². The van der Waals surface area contributed by atoms with Gasteiger partial charge < -0.3 is 34.1 Å². The van der Waals surface area contributed by atoms with Gasteiger partial charge in [0.25, 0.3) is 5.91 Å². The summed E-state index contributed by atoms with van der Waals surface area (Å²) in [5.74, 6) is -1.61. The number of likely N-dealkylation sites (N-methyl/N-ethyl adjacent to an activating group) is 1. The largest absolute Gasteiger partial charge is 0.464 e. The number of thiazole rings is 1. The first-order chi connectivity index (χ1) is 31.5. The van der Waals surface area contributed by atoms with E-state index in [-0.39, 0.29) is 37.0 Å². The van der Waals surface area contributed by atoms with Gasteiger partial charge in [0.1, 0.15) is 18.1 Å². The molecular formula is C49H65N9O7S. The summed E-state index contributed by atoms with van der Waals surface area (Å²) < 4.78 is 14.2. The molecule has 5 atom stereocenters. The number of urea groups is 1. The van der Waals surface area contributed by atoms with Crippen molar-refractivity contribution in [3.05, 3.63) is 58.2 Å². The van der Waals surface area contributed by atoms with Gasteiger partial charge in [-0.3, -0.25) is 29.2 Å². The second-order valence-electron chi connectivity index (χ2n) is 19.8. The number of fused-ring (bicyclic) bond motifs is 6. The Kier molecular flexibility index (Phi) is 13.4. The van der Waals surface area contributed by atoms with E-state index in [1.165, 1.54) is 21.2 Å². The quantitative estimate of drug-likeness (QED) is 0.205. The van der Waals surface area contributed by atoms with Crippen LogP contribution < -0.4 is 10.7 Å². The first kappa shape index (κ1) is 47.1. The van der Waals surface area contributed by atoms with Crippen molar-refractivity contribution < 1.29 is 33.4 Å². The molecule has 4 aromatic rings. The molecule has 1 aromatic carbocycles. The van der Waals surface area contributed by atoms with Crippen LogP contribution in [0.3, 0.4) is 0 Å². The van der Waals surface area contributed by atoms with E-state index in [0.29, 0.717) is 69.8 Å². The first-order valence-corrected chi connectivity index (χ1v) is 24.2.